The fraction of sp³-hybridized carbons (Fsp3) is 0.345. The number of carbonyl (C=O) groups is 1. The summed E-state index contributed by atoms with van der Waals surface area (Å²) < 4.78 is 5.64. The lowest BCUT2D eigenvalue weighted by Gasteiger charge is -2.34. The third kappa shape index (κ3) is 3.79. The zero-order valence-electron chi connectivity index (χ0n) is 19.3. The van der Waals surface area contributed by atoms with Crippen LogP contribution in [0.25, 0.3) is 0 Å². The molecule has 0 saturated carbocycles. The first-order valence-electron chi connectivity index (χ1n) is 12.2. The second-order valence-corrected chi connectivity index (χ2v) is 9.60. The fourth-order valence-electron chi connectivity index (χ4n) is 6.20. The molecule has 1 amide bonds. The summed E-state index contributed by atoms with van der Waals surface area (Å²) in [6, 6.07) is 25.3. The van der Waals surface area contributed by atoms with Crippen molar-refractivity contribution >= 4 is 24.0 Å². The van der Waals surface area contributed by atoms with E-state index in [1.54, 1.807) is 0 Å². The molecule has 1 N–H and O–H groups in total. The summed E-state index contributed by atoms with van der Waals surface area (Å²) in [6.45, 7) is 3.88. The van der Waals surface area contributed by atoms with Crippen molar-refractivity contribution in [2.75, 3.05) is 31.6 Å². The van der Waals surface area contributed by atoms with E-state index in [0.29, 0.717) is 0 Å². The number of nitrogens with zero attached hydrogens (tertiary/aromatic N) is 1. The molecule has 3 aromatic carbocycles. The van der Waals surface area contributed by atoms with E-state index in [0.717, 1.165) is 74.5 Å². The van der Waals surface area contributed by atoms with Gasteiger partial charge in [-0.2, -0.15) is 0 Å². The van der Waals surface area contributed by atoms with E-state index in [-0.39, 0.29) is 24.2 Å². The first-order chi connectivity index (χ1) is 16.2. The van der Waals surface area contributed by atoms with Gasteiger partial charge in [0.15, 0.2) is 0 Å². The minimum atomic E-state index is -0.605. The third-order valence-corrected chi connectivity index (χ3v) is 7.77. The molecule has 0 aliphatic carbocycles. The van der Waals surface area contributed by atoms with Gasteiger partial charge in [0.1, 0.15) is 11.2 Å². The largest absolute Gasteiger partial charge is 0.493 e. The number of nitrogens with one attached hydrogen (secondary N) is 1. The highest BCUT2D eigenvalue weighted by molar-refractivity contribution is 6.09. The molecule has 34 heavy (non-hydrogen) atoms. The van der Waals surface area contributed by atoms with Crippen molar-refractivity contribution in [1.29, 1.82) is 0 Å². The van der Waals surface area contributed by atoms with E-state index in [1.807, 2.05) is 18.2 Å². The van der Waals surface area contributed by atoms with E-state index < -0.39 is 5.41 Å². The summed E-state index contributed by atoms with van der Waals surface area (Å²) in [4.78, 5) is 16.2. The first-order valence-corrected chi connectivity index (χ1v) is 12.2. The summed E-state index contributed by atoms with van der Waals surface area (Å²) >= 11 is 0. The molecule has 0 bridgehead atoms. The molecular weight excluding hydrogens is 444 g/mol. The molecule has 3 aromatic rings. The Balaban J connectivity index is 0.00000241. The van der Waals surface area contributed by atoms with Gasteiger partial charge >= 0.3 is 0 Å². The average Bonchev–Trinajstić information content (AvgIpc) is 3.57. The van der Waals surface area contributed by atoms with E-state index in [9.17, 15) is 4.79 Å². The van der Waals surface area contributed by atoms with Crippen LogP contribution in [0.2, 0.25) is 0 Å². The Kier molecular flexibility index (Phi) is 6.37. The lowest BCUT2D eigenvalue weighted by atomic mass is 9.66. The molecule has 3 heterocycles. The average molecular weight is 475 g/mol. The van der Waals surface area contributed by atoms with Crippen LogP contribution in [0.3, 0.4) is 0 Å². The van der Waals surface area contributed by atoms with Gasteiger partial charge in [0, 0.05) is 18.7 Å². The number of hydrogen-bond acceptors (Lipinski definition) is 3. The Bertz CT molecular complexity index is 1180. The molecular formula is C29H31ClN2O2. The minimum absolute atomic E-state index is 0. The Hall–Kier alpha value is -2.82. The van der Waals surface area contributed by atoms with Crippen LogP contribution in [0.5, 0.6) is 5.75 Å². The minimum Gasteiger partial charge on any atom is -0.493 e. The number of anilines is 1. The van der Waals surface area contributed by atoms with E-state index in [1.165, 1.54) is 11.1 Å². The number of likely N-dealkylation sites (tertiary alicyclic amines) is 1. The van der Waals surface area contributed by atoms with Crippen molar-refractivity contribution in [1.82, 2.24) is 4.90 Å². The van der Waals surface area contributed by atoms with Crippen LogP contribution in [-0.2, 0) is 23.1 Å². The van der Waals surface area contributed by atoms with Crippen LogP contribution in [0.1, 0.15) is 35.1 Å². The predicted molar refractivity (Wildman–Crippen MR) is 138 cm³/mol. The summed E-state index contributed by atoms with van der Waals surface area (Å²) in [5, 5.41) is 3.20. The van der Waals surface area contributed by atoms with Gasteiger partial charge in [-0.05, 0) is 72.7 Å². The first kappa shape index (κ1) is 22.9. The van der Waals surface area contributed by atoms with E-state index in [4.69, 9.17) is 4.74 Å². The van der Waals surface area contributed by atoms with Gasteiger partial charge in [-0.15, -0.1) is 12.4 Å². The number of halogens is 1. The number of para-hydroxylation sites is 1. The van der Waals surface area contributed by atoms with Crippen molar-refractivity contribution in [3.8, 4) is 5.75 Å². The Morgan fingerprint density at radius 3 is 2.74 bits per heavy atom. The summed E-state index contributed by atoms with van der Waals surface area (Å²) in [6.07, 6.45) is 4.28. The SMILES string of the molecule is Cl.O=C1Nc2ccccc2C1(c1ccccc1)[C@@H]1CCN(CCCc2ccc3c(c2)CCO3)C1. The van der Waals surface area contributed by atoms with Gasteiger partial charge in [-0.1, -0.05) is 60.7 Å². The molecule has 0 aromatic heterocycles. The lowest BCUT2D eigenvalue weighted by Crippen LogP contribution is -2.44. The summed E-state index contributed by atoms with van der Waals surface area (Å²) in [5.41, 5.74) is 5.36. The summed E-state index contributed by atoms with van der Waals surface area (Å²) in [7, 11) is 0. The standard InChI is InChI=1S/C29H30N2O2.ClH/c32-28-29(23-8-2-1-3-9-23,25-10-4-5-11-26(25)30-28)24-14-17-31(20-24)16-6-7-21-12-13-27-22(19-21)15-18-33-27;/h1-5,8-13,19,24H,6-7,14-18,20H2,(H,30,32);1H/t24-,29?;/m1./s1. The van der Waals surface area contributed by atoms with Crippen molar-refractivity contribution in [2.45, 2.75) is 31.1 Å². The molecule has 0 spiro atoms. The molecule has 1 fully saturated rings. The maximum absolute atomic E-state index is 13.6. The third-order valence-electron chi connectivity index (χ3n) is 7.77. The Morgan fingerprint density at radius 2 is 1.85 bits per heavy atom. The highest BCUT2D eigenvalue weighted by Crippen LogP contribution is 2.50. The molecule has 0 radical (unpaired) electrons. The number of hydrogen-bond donors (Lipinski definition) is 1. The van der Waals surface area contributed by atoms with E-state index in [2.05, 4.69) is 64.8 Å². The smallest absolute Gasteiger partial charge is 0.239 e. The van der Waals surface area contributed by atoms with Crippen molar-refractivity contribution in [2.24, 2.45) is 5.92 Å². The Morgan fingerprint density at radius 1 is 1.03 bits per heavy atom. The van der Waals surface area contributed by atoms with Gasteiger partial charge in [-0.3, -0.25) is 4.79 Å². The van der Waals surface area contributed by atoms with Crippen LogP contribution in [0.15, 0.2) is 72.8 Å². The van der Waals surface area contributed by atoms with Crippen molar-refractivity contribution in [3.05, 3.63) is 95.1 Å². The van der Waals surface area contributed by atoms with Crippen LogP contribution >= 0.6 is 12.4 Å². The molecule has 6 rings (SSSR count). The number of ether oxygens (including phenoxy) is 1. The van der Waals surface area contributed by atoms with Gasteiger partial charge in [0.05, 0.1) is 6.61 Å². The van der Waals surface area contributed by atoms with Crippen molar-refractivity contribution < 1.29 is 9.53 Å². The van der Waals surface area contributed by atoms with Gasteiger partial charge < -0.3 is 15.0 Å². The number of benzene rings is 3. The van der Waals surface area contributed by atoms with Crippen LogP contribution in [-0.4, -0.2) is 37.0 Å². The molecule has 176 valence electrons. The number of carbonyl (C=O) groups excluding carboxylic acids is 1. The number of amides is 1. The zero-order chi connectivity index (χ0) is 22.3. The lowest BCUT2D eigenvalue weighted by molar-refractivity contribution is -0.121. The highest BCUT2D eigenvalue weighted by Gasteiger charge is 2.54. The van der Waals surface area contributed by atoms with Crippen LogP contribution in [0, 0.1) is 5.92 Å². The van der Waals surface area contributed by atoms with E-state index >= 15 is 0 Å². The molecule has 3 aliphatic rings. The van der Waals surface area contributed by atoms with Crippen LogP contribution in [0.4, 0.5) is 5.69 Å². The molecule has 2 atom stereocenters. The number of aryl methyl sites for hydroxylation is 1. The number of fused-ring (bicyclic) bond motifs is 2. The fourth-order valence-corrected chi connectivity index (χ4v) is 6.20. The molecule has 4 nitrogen and oxygen atoms in total. The molecule has 5 heteroatoms. The quantitative estimate of drug-likeness (QED) is 0.531. The topological polar surface area (TPSA) is 41.6 Å². The summed E-state index contributed by atoms with van der Waals surface area (Å²) in [5.74, 6) is 1.45. The Labute approximate surface area is 207 Å². The second kappa shape index (κ2) is 9.44. The van der Waals surface area contributed by atoms with Crippen LogP contribution < -0.4 is 10.1 Å². The zero-order valence-corrected chi connectivity index (χ0v) is 20.2. The normalized spacial score (nSPS) is 23.1. The monoisotopic (exact) mass is 474 g/mol. The molecule has 1 saturated heterocycles. The van der Waals surface area contributed by atoms with Gasteiger partial charge in [0.2, 0.25) is 5.91 Å². The molecule has 1 unspecified atom stereocenters. The molecule has 3 aliphatic heterocycles. The van der Waals surface area contributed by atoms with Gasteiger partial charge in [-0.25, -0.2) is 0 Å². The van der Waals surface area contributed by atoms with Gasteiger partial charge in [0.25, 0.3) is 0 Å². The maximum atomic E-state index is 13.6. The highest BCUT2D eigenvalue weighted by atomic mass is 35.5. The predicted octanol–water partition coefficient (Wildman–Crippen LogP) is 5.24. The second-order valence-electron chi connectivity index (χ2n) is 9.60. The van der Waals surface area contributed by atoms with Crippen molar-refractivity contribution in [3.63, 3.8) is 0 Å². The maximum Gasteiger partial charge on any atom is 0.239 e. The number of rotatable bonds is 6.